The van der Waals surface area contributed by atoms with Gasteiger partial charge in [-0.1, -0.05) is 25.0 Å². The van der Waals surface area contributed by atoms with Crippen LogP contribution in [0, 0.1) is 5.82 Å². The summed E-state index contributed by atoms with van der Waals surface area (Å²) < 4.78 is 12.9. The number of thiophene rings is 1. The van der Waals surface area contributed by atoms with Crippen LogP contribution in [0.3, 0.4) is 0 Å². The fourth-order valence-corrected chi connectivity index (χ4v) is 4.06. The first-order chi connectivity index (χ1) is 11.2. The van der Waals surface area contributed by atoms with Crippen molar-refractivity contribution in [1.29, 1.82) is 0 Å². The standard InChI is InChI=1S/C18H21FN2OS/c19-16-5-3-14(4-6-16)11-20-17(22)21-13-18(8-1-2-9-18)15-7-10-23-12-15/h3-7,10,12H,1-2,8-9,11,13H2,(H2,20,21,22). The van der Waals surface area contributed by atoms with Gasteiger partial charge in [0.2, 0.25) is 0 Å². The van der Waals surface area contributed by atoms with E-state index in [9.17, 15) is 9.18 Å². The zero-order chi connectivity index (χ0) is 16.1. The van der Waals surface area contributed by atoms with Crippen LogP contribution in [-0.4, -0.2) is 12.6 Å². The molecule has 2 amide bonds. The first-order valence-corrected chi connectivity index (χ1v) is 8.91. The van der Waals surface area contributed by atoms with E-state index < -0.39 is 0 Å². The van der Waals surface area contributed by atoms with Gasteiger partial charge in [-0.3, -0.25) is 0 Å². The molecule has 2 N–H and O–H groups in total. The van der Waals surface area contributed by atoms with Gasteiger partial charge in [-0.15, -0.1) is 0 Å². The van der Waals surface area contributed by atoms with Crippen LogP contribution in [0.5, 0.6) is 0 Å². The molecule has 1 aromatic heterocycles. The Morgan fingerprint density at radius 1 is 1.13 bits per heavy atom. The molecular weight excluding hydrogens is 311 g/mol. The molecule has 0 saturated heterocycles. The summed E-state index contributed by atoms with van der Waals surface area (Å²) in [4.78, 5) is 12.1. The second kappa shape index (κ2) is 7.13. The summed E-state index contributed by atoms with van der Waals surface area (Å²) in [7, 11) is 0. The van der Waals surface area contributed by atoms with Crippen molar-refractivity contribution in [3.8, 4) is 0 Å². The molecule has 0 aliphatic heterocycles. The average molecular weight is 332 g/mol. The Labute approximate surface area is 139 Å². The van der Waals surface area contributed by atoms with Crippen LogP contribution in [0.2, 0.25) is 0 Å². The molecule has 1 aromatic carbocycles. The largest absolute Gasteiger partial charge is 0.337 e. The normalized spacial score (nSPS) is 16.2. The zero-order valence-electron chi connectivity index (χ0n) is 13.0. The number of carbonyl (C=O) groups is 1. The first-order valence-electron chi connectivity index (χ1n) is 7.97. The van der Waals surface area contributed by atoms with Crippen molar-refractivity contribution in [2.75, 3.05) is 6.54 Å². The second-order valence-electron chi connectivity index (χ2n) is 6.16. The molecule has 0 unspecified atom stereocenters. The highest BCUT2D eigenvalue weighted by Gasteiger charge is 2.36. The third-order valence-corrected chi connectivity index (χ3v) is 5.33. The van der Waals surface area contributed by atoms with Crippen molar-refractivity contribution in [1.82, 2.24) is 10.6 Å². The van der Waals surface area contributed by atoms with Crippen LogP contribution in [0.4, 0.5) is 9.18 Å². The minimum Gasteiger partial charge on any atom is -0.337 e. The summed E-state index contributed by atoms with van der Waals surface area (Å²) in [6, 6.07) is 8.17. The molecule has 0 radical (unpaired) electrons. The molecule has 0 atom stereocenters. The molecule has 122 valence electrons. The molecule has 1 aliphatic carbocycles. The lowest BCUT2D eigenvalue weighted by molar-refractivity contribution is 0.236. The first kappa shape index (κ1) is 16.0. The van der Waals surface area contributed by atoms with E-state index >= 15 is 0 Å². The Kier molecular flexibility index (Phi) is 4.96. The third kappa shape index (κ3) is 3.91. The number of rotatable bonds is 5. The fourth-order valence-electron chi connectivity index (χ4n) is 3.28. The van der Waals surface area contributed by atoms with Crippen LogP contribution in [0.15, 0.2) is 41.1 Å². The van der Waals surface area contributed by atoms with Crippen molar-refractivity contribution in [3.63, 3.8) is 0 Å². The molecule has 0 spiro atoms. The molecule has 5 heteroatoms. The van der Waals surface area contributed by atoms with Gasteiger partial charge in [0, 0.05) is 18.5 Å². The smallest absolute Gasteiger partial charge is 0.315 e. The summed E-state index contributed by atoms with van der Waals surface area (Å²) in [5.41, 5.74) is 2.32. The number of benzene rings is 1. The van der Waals surface area contributed by atoms with E-state index in [0.717, 1.165) is 18.4 Å². The van der Waals surface area contributed by atoms with Gasteiger partial charge < -0.3 is 10.6 Å². The van der Waals surface area contributed by atoms with Crippen molar-refractivity contribution < 1.29 is 9.18 Å². The molecular formula is C18H21FN2OS. The van der Waals surface area contributed by atoms with Crippen molar-refractivity contribution in [3.05, 3.63) is 58.0 Å². The van der Waals surface area contributed by atoms with Gasteiger partial charge in [-0.25, -0.2) is 9.18 Å². The predicted molar refractivity (Wildman–Crippen MR) is 91.1 cm³/mol. The molecule has 2 aromatic rings. The third-order valence-electron chi connectivity index (χ3n) is 4.65. The lowest BCUT2D eigenvalue weighted by Gasteiger charge is -2.28. The summed E-state index contributed by atoms with van der Waals surface area (Å²) in [5.74, 6) is -0.267. The van der Waals surface area contributed by atoms with Crippen molar-refractivity contribution in [2.24, 2.45) is 0 Å². The van der Waals surface area contributed by atoms with Crippen LogP contribution < -0.4 is 10.6 Å². The van der Waals surface area contributed by atoms with E-state index in [1.54, 1.807) is 23.5 Å². The van der Waals surface area contributed by atoms with Gasteiger partial charge in [0.15, 0.2) is 0 Å². The van der Waals surface area contributed by atoms with E-state index in [2.05, 4.69) is 27.5 Å². The van der Waals surface area contributed by atoms with Gasteiger partial charge in [-0.2, -0.15) is 11.3 Å². The average Bonchev–Trinajstić information content (AvgIpc) is 3.24. The Hall–Kier alpha value is -1.88. The summed E-state index contributed by atoms with van der Waals surface area (Å²) in [6.07, 6.45) is 4.69. The van der Waals surface area contributed by atoms with Crippen LogP contribution in [0.25, 0.3) is 0 Å². The van der Waals surface area contributed by atoms with Crippen LogP contribution >= 0.6 is 11.3 Å². The summed E-state index contributed by atoms with van der Waals surface area (Å²) in [6.45, 7) is 1.07. The molecule has 1 saturated carbocycles. The van der Waals surface area contributed by atoms with E-state index in [1.807, 2.05) is 0 Å². The topological polar surface area (TPSA) is 41.1 Å². The molecule has 0 bridgehead atoms. The van der Waals surface area contributed by atoms with Gasteiger partial charge >= 0.3 is 6.03 Å². The molecule has 1 fully saturated rings. The monoisotopic (exact) mass is 332 g/mol. The number of halogens is 1. The molecule has 3 nitrogen and oxygen atoms in total. The molecule has 1 aliphatic rings. The quantitative estimate of drug-likeness (QED) is 0.846. The van der Waals surface area contributed by atoms with Crippen molar-refractivity contribution >= 4 is 17.4 Å². The second-order valence-corrected chi connectivity index (χ2v) is 6.94. The predicted octanol–water partition coefficient (Wildman–Crippen LogP) is 4.20. The summed E-state index contributed by atoms with van der Waals surface area (Å²) in [5, 5.41) is 10.1. The Bertz CT molecular complexity index is 634. The van der Waals surface area contributed by atoms with Gasteiger partial charge in [-0.05, 0) is 52.9 Å². The van der Waals surface area contributed by atoms with Gasteiger partial charge in [0.25, 0.3) is 0 Å². The maximum atomic E-state index is 12.9. The minimum atomic E-state index is -0.267. The van der Waals surface area contributed by atoms with E-state index in [1.165, 1.54) is 30.5 Å². The highest BCUT2D eigenvalue weighted by molar-refractivity contribution is 7.08. The Morgan fingerprint density at radius 3 is 2.52 bits per heavy atom. The summed E-state index contributed by atoms with van der Waals surface area (Å²) >= 11 is 1.71. The number of urea groups is 1. The highest BCUT2D eigenvalue weighted by Crippen LogP contribution is 2.41. The number of hydrogen-bond acceptors (Lipinski definition) is 2. The van der Waals surface area contributed by atoms with Crippen molar-refractivity contribution in [2.45, 2.75) is 37.6 Å². The zero-order valence-corrected chi connectivity index (χ0v) is 13.8. The van der Waals surface area contributed by atoms with Crippen LogP contribution in [-0.2, 0) is 12.0 Å². The maximum Gasteiger partial charge on any atom is 0.315 e. The van der Waals surface area contributed by atoms with Crippen LogP contribution in [0.1, 0.15) is 36.8 Å². The highest BCUT2D eigenvalue weighted by atomic mass is 32.1. The SMILES string of the molecule is O=C(NCc1ccc(F)cc1)NCC1(c2ccsc2)CCCC1. The number of hydrogen-bond donors (Lipinski definition) is 2. The lowest BCUT2D eigenvalue weighted by Crippen LogP contribution is -2.43. The number of nitrogens with one attached hydrogen (secondary N) is 2. The van der Waals surface area contributed by atoms with E-state index in [-0.39, 0.29) is 17.3 Å². The Balaban J connectivity index is 1.52. The van der Waals surface area contributed by atoms with Gasteiger partial charge in [0.05, 0.1) is 0 Å². The molecule has 23 heavy (non-hydrogen) atoms. The number of carbonyl (C=O) groups excluding carboxylic acids is 1. The minimum absolute atomic E-state index is 0.0905. The fraction of sp³-hybridized carbons (Fsp3) is 0.389. The molecule has 3 rings (SSSR count). The maximum absolute atomic E-state index is 12.9. The number of amides is 2. The van der Waals surface area contributed by atoms with E-state index in [0.29, 0.717) is 13.1 Å². The molecule has 1 heterocycles. The lowest BCUT2D eigenvalue weighted by atomic mass is 9.80. The van der Waals surface area contributed by atoms with E-state index in [4.69, 9.17) is 0 Å². The Morgan fingerprint density at radius 2 is 1.87 bits per heavy atom. The van der Waals surface area contributed by atoms with Gasteiger partial charge in [0.1, 0.15) is 5.82 Å².